The van der Waals surface area contributed by atoms with E-state index in [2.05, 4.69) is 10.6 Å². The molecule has 0 aliphatic carbocycles. The third kappa shape index (κ3) is 4.30. The van der Waals surface area contributed by atoms with E-state index in [1.165, 1.54) is 18.9 Å². The Morgan fingerprint density at radius 2 is 2.00 bits per heavy atom. The van der Waals surface area contributed by atoms with Crippen LogP contribution in [0.25, 0.3) is 0 Å². The van der Waals surface area contributed by atoms with Crippen molar-refractivity contribution in [1.29, 1.82) is 5.41 Å². The summed E-state index contributed by atoms with van der Waals surface area (Å²) < 4.78 is 17.2. The number of ether oxygens (including phenoxy) is 3. The number of nitrogens with one attached hydrogen (secondary N) is 3. The van der Waals surface area contributed by atoms with Gasteiger partial charge in [-0.2, -0.15) is 0 Å². The average Bonchev–Trinajstić information content (AvgIpc) is 3.12. The van der Waals surface area contributed by atoms with Crippen LogP contribution in [0.15, 0.2) is 42.5 Å². The van der Waals surface area contributed by atoms with Gasteiger partial charge in [0.05, 0.1) is 12.5 Å². The number of nitrogens with zero attached hydrogens (tertiary/aromatic N) is 1. The standard InChI is InChI=1S/C27H32N4O6/c1-5-26(2)13-21(32)31(25(28)30-26)22-17-12-15(10-11-18(17)36-14-20(22)35-4)24(33)29-23-16-8-6-7-9-19(16)37-27(23,3)34/h6-12,20,22-23,34H,5,13-14H2,1-4H3,(H2,28,30)(H,29,33)/t20?,22?,23-,26-,27-/m1/s1. The second-order valence-corrected chi connectivity index (χ2v) is 10.2. The first-order valence-electron chi connectivity index (χ1n) is 12.4. The minimum absolute atomic E-state index is 0.00823. The summed E-state index contributed by atoms with van der Waals surface area (Å²) in [4.78, 5) is 28.1. The molecule has 3 aliphatic heterocycles. The molecule has 3 aliphatic rings. The number of carbonyl (C=O) groups excluding carboxylic acids is 2. The van der Waals surface area contributed by atoms with E-state index in [0.717, 1.165) is 0 Å². The summed E-state index contributed by atoms with van der Waals surface area (Å²) in [5.74, 6) is -1.23. The summed E-state index contributed by atoms with van der Waals surface area (Å²) in [6.07, 6.45) is 0.374. The monoisotopic (exact) mass is 508 g/mol. The lowest BCUT2D eigenvalue weighted by molar-refractivity contribution is -0.136. The summed E-state index contributed by atoms with van der Waals surface area (Å²) >= 11 is 0. The van der Waals surface area contributed by atoms with Crippen LogP contribution in [-0.4, -0.2) is 58.9 Å². The maximum Gasteiger partial charge on any atom is 0.252 e. The van der Waals surface area contributed by atoms with Crippen molar-refractivity contribution in [3.8, 4) is 11.5 Å². The molecule has 0 radical (unpaired) electrons. The molecule has 4 N–H and O–H groups in total. The molecule has 0 saturated carbocycles. The van der Waals surface area contributed by atoms with E-state index in [9.17, 15) is 14.7 Å². The van der Waals surface area contributed by atoms with Gasteiger partial charge in [0.2, 0.25) is 11.7 Å². The van der Waals surface area contributed by atoms with Gasteiger partial charge in [-0.1, -0.05) is 25.1 Å². The maximum absolute atomic E-state index is 13.4. The molecular formula is C27H32N4O6. The number of hydrogen-bond acceptors (Lipinski definition) is 7. The first kappa shape index (κ1) is 25.0. The van der Waals surface area contributed by atoms with E-state index in [0.29, 0.717) is 34.6 Å². The third-order valence-corrected chi connectivity index (χ3v) is 7.54. The number of methoxy groups -OCH3 is 1. The number of fused-ring (bicyclic) bond motifs is 2. The molecule has 3 heterocycles. The predicted octanol–water partition coefficient (Wildman–Crippen LogP) is 2.63. The van der Waals surface area contributed by atoms with E-state index in [4.69, 9.17) is 19.6 Å². The van der Waals surface area contributed by atoms with Crippen molar-refractivity contribution in [3.63, 3.8) is 0 Å². The summed E-state index contributed by atoms with van der Waals surface area (Å²) in [5.41, 5.74) is 1.06. The number of aliphatic hydroxyl groups is 1. The molecule has 37 heavy (non-hydrogen) atoms. The highest BCUT2D eigenvalue weighted by molar-refractivity contribution is 6.00. The Labute approximate surface area is 215 Å². The minimum atomic E-state index is -1.62. The molecule has 10 nitrogen and oxygen atoms in total. The molecule has 1 fully saturated rings. The van der Waals surface area contributed by atoms with Crippen LogP contribution in [0, 0.1) is 5.41 Å². The van der Waals surface area contributed by atoms with Crippen LogP contribution < -0.4 is 20.1 Å². The predicted molar refractivity (Wildman–Crippen MR) is 134 cm³/mol. The van der Waals surface area contributed by atoms with E-state index < -0.39 is 35.4 Å². The lowest BCUT2D eigenvalue weighted by Crippen LogP contribution is -2.63. The van der Waals surface area contributed by atoms with Crippen molar-refractivity contribution in [2.24, 2.45) is 0 Å². The van der Waals surface area contributed by atoms with Crippen LogP contribution in [0.5, 0.6) is 11.5 Å². The Morgan fingerprint density at radius 1 is 1.24 bits per heavy atom. The lowest BCUT2D eigenvalue weighted by Gasteiger charge is -2.46. The van der Waals surface area contributed by atoms with Gasteiger partial charge in [0.15, 0.2) is 5.96 Å². The van der Waals surface area contributed by atoms with Crippen LogP contribution in [0.2, 0.25) is 0 Å². The third-order valence-electron chi connectivity index (χ3n) is 7.54. The fourth-order valence-corrected chi connectivity index (χ4v) is 5.27. The van der Waals surface area contributed by atoms with Crippen molar-refractivity contribution < 1.29 is 28.9 Å². The average molecular weight is 509 g/mol. The molecule has 5 rings (SSSR count). The molecule has 2 unspecified atom stereocenters. The van der Waals surface area contributed by atoms with Crippen LogP contribution in [0.3, 0.4) is 0 Å². The van der Waals surface area contributed by atoms with Gasteiger partial charge in [0.1, 0.15) is 30.3 Å². The summed E-state index contributed by atoms with van der Waals surface area (Å²) in [7, 11) is 1.53. The molecular weight excluding hydrogens is 476 g/mol. The van der Waals surface area contributed by atoms with Gasteiger partial charge >= 0.3 is 0 Å². The molecule has 0 spiro atoms. The molecule has 5 atom stereocenters. The van der Waals surface area contributed by atoms with Crippen LogP contribution in [-0.2, 0) is 9.53 Å². The van der Waals surface area contributed by atoms with E-state index in [1.54, 1.807) is 36.4 Å². The van der Waals surface area contributed by atoms with Crippen LogP contribution in [0.4, 0.5) is 0 Å². The molecule has 0 aromatic heterocycles. The molecule has 1 saturated heterocycles. The number of amides is 2. The zero-order chi connectivity index (χ0) is 26.5. The van der Waals surface area contributed by atoms with E-state index in [1.807, 2.05) is 19.9 Å². The largest absolute Gasteiger partial charge is 0.490 e. The van der Waals surface area contributed by atoms with Gasteiger partial charge < -0.3 is 30.0 Å². The van der Waals surface area contributed by atoms with Gasteiger partial charge in [-0.3, -0.25) is 19.9 Å². The molecule has 2 aromatic rings. The molecule has 196 valence electrons. The normalized spacial score (nSPS) is 30.5. The van der Waals surface area contributed by atoms with Gasteiger partial charge in [0, 0.05) is 36.3 Å². The number of hydrogen-bond donors (Lipinski definition) is 4. The van der Waals surface area contributed by atoms with Crippen LogP contribution >= 0.6 is 0 Å². The van der Waals surface area contributed by atoms with Crippen molar-refractivity contribution >= 4 is 17.8 Å². The maximum atomic E-state index is 13.4. The Bertz CT molecular complexity index is 1240. The SMILES string of the molecule is CC[C@]1(C)CC(=O)N(C2c3cc(C(=O)N[C@@H]4c5ccccc5O[C@@]4(C)O)ccc3OCC2OC)C(=N)N1. The van der Waals surface area contributed by atoms with Crippen molar-refractivity contribution in [3.05, 3.63) is 59.2 Å². The molecule has 0 bridgehead atoms. The van der Waals surface area contributed by atoms with Gasteiger partial charge in [-0.25, -0.2) is 0 Å². The van der Waals surface area contributed by atoms with Crippen molar-refractivity contribution in [2.45, 2.75) is 63.1 Å². The number of guanidine groups is 1. The van der Waals surface area contributed by atoms with Gasteiger partial charge in [-0.05, 0) is 37.6 Å². The molecule has 10 heteroatoms. The summed E-state index contributed by atoms with van der Waals surface area (Å²) in [6.45, 7) is 5.59. The van der Waals surface area contributed by atoms with E-state index >= 15 is 0 Å². The lowest BCUT2D eigenvalue weighted by atomic mass is 9.88. The Balaban J connectivity index is 1.47. The molecule has 2 amide bonds. The second kappa shape index (κ2) is 9.04. The summed E-state index contributed by atoms with van der Waals surface area (Å²) in [5, 5.41) is 25.5. The molecule has 2 aromatic carbocycles. The smallest absolute Gasteiger partial charge is 0.252 e. The van der Waals surface area contributed by atoms with Crippen molar-refractivity contribution in [1.82, 2.24) is 15.5 Å². The minimum Gasteiger partial charge on any atom is -0.490 e. The Hall–Kier alpha value is -3.63. The van der Waals surface area contributed by atoms with E-state index in [-0.39, 0.29) is 24.9 Å². The van der Waals surface area contributed by atoms with Gasteiger partial charge in [0.25, 0.3) is 5.91 Å². The Morgan fingerprint density at radius 3 is 2.70 bits per heavy atom. The highest BCUT2D eigenvalue weighted by Gasteiger charge is 2.47. The number of para-hydroxylation sites is 1. The second-order valence-electron chi connectivity index (χ2n) is 10.2. The first-order valence-corrected chi connectivity index (χ1v) is 12.4. The highest BCUT2D eigenvalue weighted by atomic mass is 16.6. The highest BCUT2D eigenvalue weighted by Crippen LogP contribution is 2.43. The van der Waals surface area contributed by atoms with Crippen LogP contribution in [0.1, 0.15) is 67.2 Å². The first-order chi connectivity index (χ1) is 17.6. The quantitative estimate of drug-likeness (QED) is 0.488. The van der Waals surface area contributed by atoms with Crippen molar-refractivity contribution in [2.75, 3.05) is 13.7 Å². The van der Waals surface area contributed by atoms with Gasteiger partial charge in [-0.15, -0.1) is 0 Å². The fourth-order valence-electron chi connectivity index (χ4n) is 5.27. The number of carbonyl (C=O) groups is 2. The zero-order valence-corrected chi connectivity index (χ0v) is 21.3. The topological polar surface area (TPSA) is 133 Å². The number of benzene rings is 2. The Kier molecular flexibility index (Phi) is 6.12. The number of rotatable bonds is 5. The fraction of sp³-hybridized carbons (Fsp3) is 0.444. The zero-order valence-electron chi connectivity index (χ0n) is 21.3. The summed E-state index contributed by atoms with van der Waals surface area (Å²) in [6, 6.07) is 10.7.